The van der Waals surface area contributed by atoms with Gasteiger partial charge in [-0.1, -0.05) is 26.0 Å². The molecule has 0 bridgehead atoms. The molecular formula is C22H21FO4. The number of hydrogen-bond donors (Lipinski definition) is 0. The highest BCUT2D eigenvalue weighted by Crippen LogP contribution is 2.27. The normalized spacial score (nSPS) is 11.1. The lowest BCUT2D eigenvalue weighted by Crippen LogP contribution is -2.10. The second-order valence-corrected chi connectivity index (χ2v) is 6.91. The van der Waals surface area contributed by atoms with Crippen LogP contribution in [-0.4, -0.2) is 5.97 Å². The Morgan fingerprint density at radius 1 is 1.15 bits per heavy atom. The quantitative estimate of drug-likeness (QED) is 0.486. The second kappa shape index (κ2) is 7.74. The van der Waals surface area contributed by atoms with Crippen molar-refractivity contribution in [3.05, 3.63) is 81.0 Å². The van der Waals surface area contributed by atoms with E-state index in [2.05, 4.69) is 13.8 Å². The summed E-state index contributed by atoms with van der Waals surface area (Å²) in [5, 5.41) is 0.762. The summed E-state index contributed by atoms with van der Waals surface area (Å²) in [6.07, 6.45) is 0.0377. The van der Waals surface area contributed by atoms with E-state index in [9.17, 15) is 14.0 Å². The molecule has 1 heterocycles. The summed E-state index contributed by atoms with van der Waals surface area (Å²) in [6, 6.07) is 10.9. The van der Waals surface area contributed by atoms with Crippen molar-refractivity contribution >= 4 is 16.9 Å². The van der Waals surface area contributed by atoms with Crippen molar-refractivity contribution in [2.24, 2.45) is 0 Å². The molecule has 4 nitrogen and oxygen atoms in total. The van der Waals surface area contributed by atoms with E-state index in [1.807, 2.05) is 19.1 Å². The molecule has 0 spiro atoms. The first kappa shape index (κ1) is 18.8. The maximum absolute atomic E-state index is 12.9. The van der Waals surface area contributed by atoms with Gasteiger partial charge in [-0.15, -0.1) is 0 Å². The van der Waals surface area contributed by atoms with Crippen LogP contribution in [0.25, 0.3) is 11.0 Å². The average Bonchev–Trinajstić information content (AvgIpc) is 2.60. The number of ether oxygens (including phenoxy) is 1. The molecule has 0 N–H and O–H groups in total. The molecule has 0 saturated carbocycles. The van der Waals surface area contributed by atoms with Crippen molar-refractivity contribution in [1.29, 1.82) is 0 Å². The van der Waals surface area contributed by atoms with Crippen molar-refractivity contribution in [3.8, 4) is 0 Å². The Kier molecular flexibility index (Phi) is 5.40. The van der Waals surface area contributed by atoms with Crippen LogP contribution in [0.2, 0.25) is 0 Å². The predicted molar refractivity (Wildman–Crippen MR) is 101 cm³/mol. The van der Waals surface area contributed by atoms with Gasteiger partial charge in [-0.2, -0.15) is 0 Å². The summed E-state index contributed by atoms with van der Waals surface area (Å²) < 4.78 is 23.6. The first-order valence-electron chi connectivity index (χ1n) is 8.81. The number of benzene rings is 2. The molecule has 0 unspecified atom stereocenters. The number of carbonyl (C=O) groups excluding carboxylic acids is 1. The first-order chi connectivity index (χ1) is 12.8. The first-order valence-corrected chi connectivity index (χ1v) is 8.81. The maximum Gasteiger partial charge on any atom is 0.336 e. The number of rotatable bonds is 5. The number of hydrogen-bond acceptors (Lipinski definition) is 4. The molecule has 3 rings (SSSR count). The van der Waals surface area contributed by atoms with Crippen LogP contribution in [-0.2, 0) is 22.6 Å². The Morgan fingerprint density at radius 3 is 2.52 bits per heavy atom. The zero-order chi connectivity index (χ0) is 19.6. The molecule has 0 amide bonds. The van der Waals surface area contributed by atoms with Gasteiger partial charge < -0.3 is 9.15 Å². The van der Waals surface area contributed by atoms with Crippen LogP contribution in [0.4, 0.5) is 4.39 Å². The molecule has 0 aliphatic heterocycles. The van der Waals surface area contributed by atoms with E-state index in [-0.39, 0.29) is 18.8 Å². The van der Waals surface area contributed by atoms with Crippen molar-refractivity contribution in [2.75, 3.05) is 0 Å². The minimum atomic E-state index is -0.483. The molecule has 0 aliphatic rings. The summed E-state index contributed by atoms with van der Waals surface area (Å²) in [5.74, 6) is -0.486. The summed E-state index contributed by atoms with van der Waals surface area (Å²) in [5.41, 5.74) is 3.46. The van der Waals surface area contributed by atoms with Crippen LogP contribution in [0.5, 0.6) is 0 Å². The lowest BCUT2D eigenvalue weighted by molar-refractivity contribution is -0.144. The van der Waals surface area contributed by atoms with Gasteiger partial charge in [0.05, 0.1) is 6.42 Å². The van der Waals surface area contributed by atoms with E-state index in [1.165, 1.54) is 18.2 Å². The molecule has 0 radical (unpaired) electrons. The van der Waals surface area contributed by atoms with Gasteiger partial charge in [0.2, 0.25) is 0 Å². The van der Waals surface area contributed by atoms with E-state index in [0.717, 1.165) is 16.5 Å². The Morgan fingerprint density at radius 2 is 1.85 bits per heavy atom. The van der Waals surface area contributed by atoms with Gasteiger partial charge >= 0.3 is 11.6 Å². The van der Waals surface area contributed by atoms with Gasteiger partial charge in [-0.3, -0.25) is 4.79 Å². The van der Waals surface area contributed by atoms with Crippen LogP contribution in [0.3, 0.4) is 0 Å². The molecule has 1 aromatic heterocycles. The lowest BCUT2D eigenvalue weighted by Gasteiger charge is -2.13. The Bertz CT molecular complexity index is 1030. The molecule has 0 saturated heterocycles. The van der Waals surface area contributed by atoms with Crippen LogP contribution < -0.4 is 5.63 Å². The highest BCUT2D eigenvalue weighted by Gasteiger charge is 2.13. The van der Waals surface area contributed by atoms with E-state index >= 15 is 0 Å². The van der Waals surface area contributed by atoms with Crippen LogP contribution >= 0.6 is 0 Å². The largest absolute Gasteiger partial charge is 0.461 e. The highest BCUT2D eigenvalue weighted by atomic mass is 19.1. The summed E-state index contributed by atoms with van der Waals surface area (Å²) in [7, 11) is 0. The van der Waals surface area contributed by atoms with E-state index < -0.39 is 11.6 Å². The Hall–Kier alpha value is -2.95. The van der Waals surface area contributed by atoms with E-state index in [0.29, 0.717) is 22.6 Å². The minimum Gasteiger partial charge on any atom is -0.461 e. The molecular weight excluding hydrogens is 347 g/mol. The number of fused-ring (bicyclic) bond motifs is 1. The minimum absolute atomic E-state index is 0.0251. The molecule has 2 aromatic carbocycles. The number of halogens is 1. The third-order valence-corrected chi connectivity index (χ3v) is 4.49. The van der Waals surface area contributed by atoms with Crippen molar-refractivity contribution in [2.45, 2.75) is 39.7 Å². The van der Waals surface area contributed by atoms with Crippen LogP contribution in [0, 0.1) is 12.7 Å². The van der Waals surface area contributed by atoms with Gasteiger partial charge in [0.1, 0.15) is 18.0 Å². The molecule has 140 valence electrons. The number of aryl methyl sites for hydroxylation is 1. The molecule has 3 aromatic rings. The fraction of sp³-hybridized carbons (Fsp3) is 0.273. The number of esters is 1. The topological polar surface area (TPSA) is 56.5 Å². The molecule has 27 heavy (non-hydrogen) atoms. The van der Waals surface area contributed by atoms with Gasteiger partial charge in [0, 0.05) is 17.0 Å². The fourth-order valence-corrected chi connectivity index (χ4v) is 3.11. The molecule has 0 fully saturated rings. The third-order valence-electron chi connectivity index (χ3n) is 4.49. The predicted octanol–water partition coefficient (Wildman–Crippen LogP) is 4.65. The van der Waals surface area contributed by atoms with Crippen molar-refractivity contribution < 1.29 is 18.3 Å². The summed E-state index contributed by atoms with van der Waals surface area (Å²) in [4.78, 5) is 24.0. The number of carbonyl (C=O) groups is 1. The van der Waals surface area contributed by atoms with E-state index in [1.54, 1.807) is 12.1 Å². The van der Waals surface area contributed by atoms with Gasteiger partial charge in [0.15, 0.2) is 0 Å². The molecule has 0 atom stereocenters. The maximum atomic E-state index is 12.9. The average molecular weight is 368 g/mol. The molecule has 5 heteroatoms. The smallest absolute Gasteiger partial charge is 0.336 e. The zero-order valence-corrected chi connectivity index (χ0v) is 15.5. The van der Waals surface area contributed by atoms with Crippen molar-refractivity contribution in [1.82, 2.24) is 0 Å². The van der Waals surface area contributed by atoms with Crippen LogP contribution in [0.1, 0.15) is 42.0 Å². The summed E-state index contributed by atoms with van der Waals surface area (Å²) >= 11 is 0. The fourth-order valence-electron chi connectivity index (χ4n) is 3.11. The highest BCUT2D eigenvalue weighted by molar-refractivity contribution is 5.82. The van der Waals surface area contributed by atoms with Crippen LogP contribution in [0.15, 0.2) is 51.7 Å². The van der Waals surface area contributed by atoms with E-state index in [4.69, 9.17) is 9.15 Å². The van der Waals surface area contributed by atoms with Gasteiger partial charge in [-0.05, 0) is 53.8 Å². The monoisotopic (exact) mass is 368 g/mol. The van der Waals surface area contributed by atoms with Gasteiger partial charge in [-0.25, -0.2) is 9.18 Å². The second-order valence-electron chi connectivity index (χ2n) is 6.91. The summed E-state index contributed by atoms with van der Waals surface area (Å²) in [6.45, 7) is 6.14. The zero-order valence-electron chi connectivity index (χ0n) is 15.5. The SMILES string of the molecule is Cc1cc2oc(=O)cc(COC(=O)Cc3ccc(F)cc3)c2cc1C(C)C. The standard InChI is InChI=1S/C22H21FO4/c1-13(2)18-11-19-16(10-22(25)27-20(19)8-14(18)3)12-26-21(24)9-15-4-6-17(23)7-5-15/h4-8,10-11,13H,9,12H2,1-3H3. The molecule has 0 aliphatic carbocycles. The lowest BCUT2D eigenvalue weighted by atomic mass is 9.95. The third kappa shape index (κ3) is 4.42. The Labute approximate surface area is 156 Å². The Balaban J connectivity index is 1.83. The van der Waals surface area contributed by atoms with Crippen molar-refractivity contribution in [3.63, 3.8) is 0 Å². The van der Waals surface area contributed by atoms with Gasteiger partial charge in [0.25, 0.3) is 0 Å².